The number of unbranched alkanes of at least 4 members (excludes halogenated alkanes) is 1. The first-order valence-corrected chi connectivity index (χ1v) is 6.03. The molecule has 0 aliphatic heterocycles. The van der Waals surface area contributed by atoms with Crippen LogP contribution in [0.4, 0.5) is 0 Å². The maximum atomic E-state index is 10.2. The number of aliphatic hydroxyl groups is 1. The van der Waals surface area contributed by atoms with Gasteiger partial charge in [0.25, 0.3) is 0 Å². The molecule has 17 heavy (non-hydrogen) atoms. The first-order chi connectivity index (χ1) is 8.16. The number of hydrogen-bond acceptors (Lipinski definition) is 3. The second-order valence-electron chi connectivity index (χ2n) is 4.39. The van der Waals surface area contributed by atoms with E-state index in [1.807, 2.05) is 44.3 Å². The number of hydrogen-bond donors (Lipinski definition) is 1. The Morgan fingerprint density at radius 2 is 2.00 bits per heavy atom. The minimum Gasteiger partial charge on any atom is -0.387 e. The molecule has 0 aromatic heterocycles. The quantitative estimate of drug-likeness (QED) is 0.580. The number of carbonyl (C=O) groups is 1. The Bertz CT molecular complexity index is 326. The molecule has 1 rings (SSSR count). The summed E-state index contributed by atoms with van der Waals surface area (Å²) in [5.41, 5.74) is 0.933. The van der Waals surface area contributed by atoms with Gasteiger partial charge in [-0.05, 0) is 32.5 Å². The van der Waals surface area contributed by atoms with Crippen molar-refractivity contribution in [3.63, 3.8) is 0 Å². The van der Waals surface area contributed by atoms with Crippen LogP contribution in [0.25, 0.3) is 0 Å². The van der Waals surface area contributed by atoms with Crippen LogP contribution >= 0.6 is 0 Å². The van der Waals surface area contributed by atoms with E-state index in [2.05, 4.69) is 4.90 Å². The first-order valence-electron chi connectivity index (χ1n) is 6.03. The lowest BCUT2D eigenvalue weighted by Gasteiger charge is -2.29. The lowest BCUT2D eigenvalue weighted by Crippen LogP contribution is -2.35. The van der Waals surface area contributed by atoms with E-state index in [0.29, 0.717) is 6.42 Å². The summed E-state index contributed by atoms with van der Waals surface area (Å²) in [5, 5.41) is 10.2. The van der Waals surface area contributed by atoms with Crippen molar-refractivity contribution in [1.29, 1.82) is 0 Å². The highest BCUT2D eigenvalue weighted by atomic mass is 16.3. The van der Waals surface area contributed by atoms with Crippen LogP contribution in [-0.4, -0.2) is 35.9 Å². The van der Waals surface area contributed by atoms with Crippen LogP contribution < -0.4 is 0 Å². The van der Waals surface area contributed by atoms with Gasteiger partial charge in [0.05, 0.1) is 6.10 Å². The van der Waals surface area contributed by atoms with Gasteiger partial charge < -0.3 is 14.8 Å². The fraction of sp³-hybridized carbons (Fsp3) is 0.500. The van der Waals surface area contributed by atoms with Gasteiger partial charge in [-0.2, -0.15) is 0 Å². The summed E-state index contributed by atoms with van der Waals surface area (Å²) in [7, 11) is 1.97. The number of aldehydes is 1. The number of rotatable bonds is 7. The van der Waals surface area contributed by atoms with Gasteiger partial charge in [0.15, 0.2) is 0 Å². The fourth-order valence-electron chi connectivity index (χ4n) is 1.80. The van der Waals surface area contributed by atoms with Gasteiger partial charge >= 0.3 is 0 Å². The number of likely N-dealkylation sites (N-methyl/N-ethyl adjacent to an activating group) is 1. The summed E-state index contributed by atoms with van der Waals surface area (Å²) in [4.78, 5) is 12.3. The van der Waals surface area contributed by atoms with Crippen molar-refractivity contribution in [2.75, 3.05) is 13.6 Å². The predicted octanol–water partition coefficient (Wildman–Crippen LogP) is 2.02. The molecule has 1 aromatic carbocycles. The molecule has 0 fully saturated rings. The van der Waals surface area contributed by atoms with E-state index < -0.39 is 6.10 Å². The molecule has 0 spiro atoms. The van der Waals surface area contributed by atoms with Crippen molar-refractivity contribution in [3.05, 3.63) is 35.9 Å². The van der Waals surface area contributed by atoms with Gasteiger partial charge in [-0.3, -0.25) is 0 Å². The summed E-state index contributed by atoms with van der Waals surface area (Å²) in [6, 6.07) is 9.70. The van der Waals surface area contributed by atoms with Gasteiger partial charge in [-0.15, -0.1) is 0 Å². The molecule has 3 nitrogen and oxygen atoms in total. The molecule has 1 N–H and O–H groups in total. The monoisotopic (exact) mass is 235 g/mol. The van der Waals surface area contributed by atoms with Crippen LogP contribution in [0.15, 0.2) is 30.3 Å². The molecule has 0 amide bonds. The fourth-order valence-corrected chi connectivity index (χ4v) is 1.80. The van der Waals surface area contributed by atoms with E-state index in [-0.39, 0.29) is 6.04 Å². The van der Waals surface area contributed by atoms with Crippen molar-refractivity contribution in [1.82, 2.24) is 4.90 Å². The summed E-state index contributed by atoms with van der Waals surface area (Å²) in [6.07, 6.45) is 1.87. The first kappa shape index (κ1) is 13.9. The third kappa shape index (κ3) is 4.29. The summed E-state index contributed by atoms with van der Waals surface area (Å²) in [5.74, 6) is 0. The number of aliphatic hydroxyl groups excluding tert-OH is 1. The third-order valence-corrected chi connectivity index (χ3v) is 3.13. The van der Waals surface area contributed by atoms with Gasteiger partial charge in [0.1, 0.15) is 6.29 Å². The molecule has 94 valence electrons. The summed E-state index contributed by atoms with van der Waals surface area (Å²) >= 11 is 0. The highest BCUT2D eigenvalue weighted by Gasteiger charge is 2.19. The Kier molecular flexibility index (Phi) is 5.87. The van der Waals surface area contributed by atoms with E-state index in [1.54, 1.807) is 0 Å². The molecular formula is C14H21NO2. The molecule has 0 aliphatic carbocycles. The van der Waals surface area contributed by atoms with Crippen molar-refractivity contribution < 1.29 is 9.90 Å². The molecule has 1 aromatic rings. The van der Waals surface area contributed by atoms with Crippen LogP contribution in [0, 0.1) is 0 Å². The molecule has 0 bridgehead atoms. The molecule has 0 radical (unpaired) electrons. The Hall–Kier alpha value is -1.19. The van der Waals surface area contributed by atoms with Crippen LogP contribution in [-0.2, 0) is 4.79 Å². The summed E-state index contributed by atoms with van der Waals surface area (Å²) < 4.78 is 0. The lowest BCUT2D eigenvalue weighted by molar-refractivity contribution is -0.108. The zero-order valence-corrected chi connectivity index (χ0v) is 10.5. The van der Waals surface area contributed by atoms with Crippen molar-refractivity contribution in [3.8, 4) is 0 Å². The van der Waals surface area contributed by atoms with E-state index in [4.69, 9.17) is 0 Å². The molecule has 3 heteroatoms. The minimum atomic E-state index is -0.488. The van der Waals surface area contributed by atoms with Gasteiger partial charge in [0.2, 0.25) is 0 Å². The number of carbonyl (C=O) groups excluding carboxylic acids is 1. The van der Waals surface area contributed by atoms with Crippen LogP contribution in [0.3, 0.4) is 0 Å². The highest BCUT2D eigenvalue weighted by molar-refractivity contribution is 5.49. The maximum Gasteiger partial charge on any atom is 0.120 e. The number of nitrogens with zero attached hydrogens (tertiary/aromatic N) is 1. The zero-order chi connectivity index (χ0) is 12.7. The molecule has 2 unspecified atom stereocenters. The van der Waals surface area contributed by atoms with E-state index in [0.717, 1.165) is 24.8 Å². The zero-order valence-electron chi connectivity index (χ0n) is 10.5. The maximum absolute atomic E-state index is 10.2. The molecule has 0 aliphatic rings. The predicted molar refractivity (Wildman–Crippen MR) is 68.8 cm³/mol. The molecule has 0 saturated carbocycles. The SMILES string of the molecule is CC(C(O)c1ccccc1)N(C)CCCC=O. The van der Waals surface area contributed by atoms with E-state index in [9.17, 15) is 9.90 Å². The number of benzene rings is 1. The standard InChI is InChI=1S/C14H21NO2/c1-12(15(2)10-6-7-11-16)14(17)13-8-4-3-5-9-13/h3-5,8-9,11-12,14,17H,6-7,10H2,1-2H3. The van der Waals surface area contributed by atoms with Crippen molar-refractivity contribution in [2.24, 2.45) is 0 Å². The molecular weight excluding hydrogens is 214 g/mol. The normalized spacial score (nSPS) is 14.6. The lowest BCUT2D eigenvalue weighted by atomic mass is 10.0. The van der Waals surface area contributed by atoms with Crippen molar-refractivity contribution >= 4 is 6.29 Å². The summed E-state index contributed by atoms with van der Waals surface area (Å²) in [6.45, 7) is 2.82. The Morgan fingerprint density at radius 3 is 2.59 bits per heavy atom. The average Bonchev–Trinajstić information content (AvgIpc) is 2.38. The van der Waals surface area contributed by atoms with Crippen LogP contribution in [0.1, 0.15) is 31.4 Å². The Balaban J connectivity index is 2.51. The van der Waals surface area contributed by atoms with Gasteiger partial charge in [-0.1, -0.05) is 30.3 Å². The molecule has 0 heterocycles. The van der Waals surface area contributed by atoms with E-state index in [1.165, 1.54) is 0 Å². The molecule has 0 saturated heterocycles. The Morgan fingerprint density at radius 1 is 1.35 bits per heavy atom. The average molecular weight is 235 g/mol. The van der Waals surface area contributed by atoms with Crippen LogP contribution in [0.5, 0.6) is 0 Å². The van der Waals surface area contributed by atoms with E-state index >= 15 is 0 Å². The van der Waals surface area contributed by atoms with Crippen molar-refractivity contribution in [2.45, 2.75) is 31.9 Å². The smallest absolute Gasteiger partial charge is 0.120 e. The van der Waals surface area contributed by atoms with Crippen LogP contribution in [0.2, 0.25) is 0 Å². The Labute approximate surface area is 103 Å². The topological polar surface area (TPSA) is 40.5 Å². The molecule has 2 atom stereocenters. The third-order valence-electron chi connectivity index (χ3n) is 3.13. The second-order valence-corrected chi connectivity index (χ2v) is 4.39. The second kappa shape index (κ2) is 7.20. The highest BCUT2D eigenvalue weighted by Crippen LogP contribution is 2.19. The van der Waals surface area contributed by atoms with Gasteiger partial charge in [0, 0.05) is 12.5 Å². The minimum absolute atomic E-state index is 0.0454. The largest absolute Gasteiger partial charge is 0.387 e. The van der Waals surface area contributed by atoms with Gasteiger partial charge in [-0.25, -0.2) is 0 Å².